The molecule has 0 radical (unpaired) electrons. The summed E-state index contributed by atoms with van der Waals surface area (Å²) in [6.07, 6.45) is 0.381. The molecule has 27 heavy (non-hydrogen) atoms. The number of halogens is 2. The van der Waals surface area contributed by atoms with Crippen molar-refractivity contribution in [2.75, 3.05) is 13.2 Å². The number of carbonyl (C=O) groups is 2. The molecular weight excluding hydrogens is 395 g/mol. The number of hydroxylamine groups is 2. The fraction of sp³-hybridized carbons (Fsp3) is 0.375. The number of rotatable bonds is 5. The van der Waals surface area contributed by atoms with Gasteiger partial charge in [-0.25, -0.2) is 4.99 Å². The van der Waals surface area contributed by atoms with E-state index >= 15 is 0 Å². The topological polar surface area (TPSA) is 127 Å². The Morgan fingerprint density at radius 1 is 1.11 bits per heavy atom. The van der Waals surface area contributed by atoms with Gasteiger partial charge in [0.05, 0.1) is 27.8 Å². The molecule has 2 amide bonds. The number of amides is 2. The highest BCUT2D eigenvalue weighted by Gasteiger charge is 2.36. The minimum atomic E-state index is -0.821. The molecule has 0 bridgehead atoms. The first kappa shape index (κ1) is 19.4. The monoisotopic (exact) mass is 412 g/mol. The summed E-state index contributed by atoms with van der Waals surface area (Å²) in [5, 5.41) is 1.79. The molecule has 0 unspecified atom stereocenters. The number of nitrogens with zero attached hydrogens (tertiary/aromatic N) is 4. The van der Waals surface area contributed by atoms with Crippen LogP contribution in [0.15, 0.2) is 22.1 Å². The Labute approximate surface area is 165 Å². The van der Waals surface area contributed by atoms with Crippen molar-refractivity contribution in [1.29, 1.82) is 0 Å². The lowest BCUT2D eigenvalue weighted by Gasteiger charge is -2.36. The number of hydrogen-bond acceptors (Lipinski definition) is 8. The molecule has 2 aliphatic rings. The number of guanidine groups is 2. The largest absolute Gasteiger partial charge is 0.368 e. The summed E-state index contributed by atoms with van der Waals surface area (Å²) in [4.78, 5) is 39.7. The molecule has 0 saturated carbocycles. The van der Waals surface area contributed by atoms with Gasteiger partial charge >= 0.3 is 0 Å². The average Bonchev–Trinajstić information content (AvgIpc) is 2.77. The maximum atomic E-state index is 12.4. The maximum absolute atomic E-state index is 12.4. The van der Waals surface area contributed by atoms with Gasteiger partial charge < -0.3 is 11.5 Å². The first-order valence-corrected chi connectivity index (χ1v) is 8.85. The molecule has 2 heterocycles. The fourth-order valence-corrected chi connectivity index (χ4v) is 3.21. The summed E-state index contributed by atoms with van der Waals surface area (Å²) in [5.74, 6) is -0.672. The van der Waals surface area contributed by atoms with Gasteiger partial charge in [-0.15, -0.1) is 0 Å². The Balaban J connectivity index is 1.60. The zero-order valence-electron chi connectivity index (χ0n) is 14.7. The Hall–Kier alpha value is -2.36. The van der Waals surface area contributed by atoms with E-state index in [9.17, 15) is 9.59 Å². The standard InChI is InChI=1S/C16H18Cl2N6O3/c1-16(2)22-14(19)21-15(20)24(16)27-5-3-4-23-12(25)8-6-10(17)11(18)7-9(8)13(23)26/h6-7H,3-5H2,1-2H3,(H4,19,20,21,22). The number of aliphatic imine (C=N–C) groups is 2. The van der Waals surface area contributed by atoms with Crippen LogP contribution < -0.4 is 11.5 Å². The normalized spacial score (nSPS) is 18.5. The summed E-state index contributed by atoms with van der Waals surface area (Å²) in [6, 6.07) is 2.82. The van der Waals surface area contributed by atoms with Crippen LogP contribution in [-0.2, 0) is 4.84 Å². The molecule has 9 nitrogen and oxygen atoms in total. The number of hydrogen-bond donors (Lipinski definition) is 2. The highest BCUT2D eigenvalue weighted by atomic mass is 35.5. The fourth-order valence-electron chi connectivity index (χ4n) is 2.88. The molecule has 0 saturated heterocycles. The van der Waals surface area contributed by atoms with Gasteiger partial charge in [0.15, 0.2) is 5.66 Å². The Morgan fingerprint density at radius 2 is 1.67 bits per heavy atom. The van der Waals surface area contributed by atoms with Crippen LogP contribution in [0.1, 0.15) is 41.0 Å². The van der Waals surface area contributed by atoms with Crippen molar-refractivity contribution >= 4 is 46.9 Å². The van der Waals surface area contributed by atoms with Gasteiger partial charge in [-0.1, -0.05) is 23.2 Å². The second kappa shape index (κ2) is 6.99. The van der Waals surface area contributed by atoms with Crippen molar-refractivity contribution in [1.82, 2.24) is 9.96 Å². The third-order valence-corrected chi connectivity index (χ3v) is 4.80. The molecule has 0 aromatic heterocycles. The van der Waals surface area contributed by atoms with E-state index in [0.29, 0.717) is 6.42 Å². The average molecular weight is 413 g/mol. The molecule has 1 aromatic rings. The molecule has 0 aliphatic carbocycles. The van der Waals surface area contributed by atoms with E-state index in [2.05, 4.69) is 9.98 Å². The lowest BCUT2D eigenvalue weighted by molar-refractivity contribution is -0.157. The van der Waals surface area contributed by atoms with Crippen LogP contribution in [0.25, 0.3) is 0 Å². The van der Waals surface area contributed by atoms with Gasteiger partial charge in [0, 0.05) is 6.54 Å². The number of nitrogens with two attached hydrogens (primary N) is 2. The molecule has 1 aromatic carbocycles. The van der Waals surface area contributed by atoms with Gasteiger partial charge in [0.1, 0.15) is 0 Å². The summed E-state index contributed by atoms with van der Waals surface area (Å²) in [5.41, 5.74) is 11.1. The molecule has 2 aliphatic heterocycles. The van der Waals surface area contributed by atoms with E-state index in [1.54, 1.807) is 13.8 Å². The maximum Gasteiger partial charge on any atom is 0.261 e. The van der Waals surface area contributed by atoms with Gasteiger partial charge in [-0.2, -0.15) is 10.1 Å². The minimum Gasteiger partial charge on any atom is -0.368 e. The molecule has 3 rings (SSSR count). The van der Waals surface area contributed by atoms with Crippen molar-refractivity contribution in [2.24, 2.45) is 21.5 Å². The van der Waals surface area contributed by atoms with Crippen molar-refractivity contribution in [3.05, 3.63) is 33.3 Å². The van der Waals surface area contributed by atoms with Crippen LogP contribution >= 0.6 is 23.2 Å². The van der Waals surface area contributed by atoms with E-state index in [4.69, 9.17) is 39.5 Å². The second-order valence-corrected chi connectivity index (χ2v) is 7.30. The van der Waals surface area contributed by atoms with Crippen molar-refractivity contribution < 1.29 is 14.4 Å². The third-order valence-electron chi connectivity index (χ3n) is 4.08. The molecule has 0 fully saturated rings. The molecular formula is C16H18Cl2N6O3. The van der Waals surface area contributed by atoms with Crippen LogP contribution in [-0.4, -0.2) is 52.5 Å². The van der Waals surface area contributed by atoms with Gasteiger partial charge in [-0.3, -0.25) is 19.3 Å². The van der Waals surface area contributed by atoms with Crippen molar-refractivity contribution in [3.63, 3.8) is 0 Å². The van der Waals surface area contributed by atoms with Crippen LogP contribution in [0.4, 0.5) is 0 Å². The van der Waals surface area contributed by atoms with Crippen LogP contribution in [0.2, 0.25) is 10.0 Å². The first-order chi connectivity index (χ1) is 12.6. The van der Waals surface area contributed by atoms with E-state index in [-0.39, 0.29) is 46.2 Å². The lowest BCUT2D eigenvalue weighted by Crippen LogP contribution is -2.53. The molecule has 11 heteroatoms. The van der Waals surface area contributed by atoms with E-state index in [1.165, 1.54) is 17.2 Å². The van der Waals surface area contributed by atoms with E-state index in [1.807, 2.05) is 0 Å². The minimum absolute atomic E-state index is 0.0701. The number of imide groups is 1. The summed E-state index contributed by atoms with van der Waals surface area (Å²) >= 11 is 11.9. The highest BCUT2D eigenvalue weighted by Crippen LogP contribution is 2.31. The quantitative estimate of drug-likeness (QED) is 0.558. The summed E-state index contributed by atoms with van der Waals surface area (Å²) in [6.45, 7) is 3.88. The predicted molar refractivity (Wildman–Crippen MR) is 102 cm³/mol. The smallest absolute Gasteiger partial charge is 0.261 e. The predicted octanol–water partition coefficient (Wildman–Crippen LogP) is 1.59. The van der Waals surface area contributed by atoms with Gasteiger partial charge in [0.25, 0.3) is 11.8 Å². The Bertz CT molecular complexity index is 842. The summed E-state index contributed by atoms with van der Waals surface area (Å²) in [7, 11) is 0. The van der Waals surface area contributed by atoms with E-state index in [0.717, 1.165) is 4.90 Å². The van der Waals surface area contributed by atoms with E-state index < -0.39 is 17.5 Å². The number of carbonyl (C=O) groups excluding carboxylic acids is 2. The molecule has 4 N–H and O–H groups in total. The molecule has 144 valence electrons. The number of benzene rings is 1. The zero-order valence-corrected chi connectivity index (χ0v) is 16.2. The Morgan fingerprint density at radius 3 is 2.19 bits per heavy atom. The van der Waals surface area contributed by atoms with Crippen LogP contribution in [0, 0.1) is 0 Å². The SMILES string of the molecule is CC1(C)N=C(N)N=C(N)N1OCCCN1C(=O)c2cc(Cl)c(Cl)cc2C1=O. The highest BCUT2D eigenvalue weighted by molar-refractivity contribution is 6.43. The van der Waals surface area contributed by atoms with Crippen LogP contribution in [0.3, 0.4) is 0 Å². The third kappa shape index (κ3) is 3.58. The van der Waals surface area contributed by atoms with Gasteiger partial charge in [-0.05, 0) is 32.4 Å². The lowest BCUT2D eigenvalue weighted by atomic mass is 10.1. The van der Waals surface area contributed by atoms with Gasteiger partial charge in [0.2, 0.25) is 11.9 Å². The van der Waals surface area contributed by atoms with Crippen molar-refractivity contribution in [2.45, 2.75) is 25.9 Å². The molecule has 0 atom stereocenters. The summed E-state index contributed by atoms with van der Waals surface area (Å²) < 4.78 is 0. The zero-order chi connectivity index (χ0) is 19.9. The number of fused-ring (bicyclic) bond motifs is 1. The van der Waals surface area contributed by atoms with Crippen LogP contribution in [0.5, 0.6) is 0 Å². The Kier molecular flexibility index (Phi) is 5.02. The first-order valence-electron chi connectivity index (χ1n) is 8.09. The molecule has 0 spiro atoms. The van der Waals surface area contributed by atoms with Crippen molar-refractivity contribution in [3.8, 4) is 0 Å². The second-order valence-electron chi connectivity index (χ2n) is 6.49.